The molecule has 0 rings (SSSR count). The topological polar surface area (TPSA) is 105 Å². The molecule has 0 radical (unpaired) electrons. The molecule has 0 aliphatic carbocycles. The standard InChI is InChI=1S/C12H15O6P.C4H5ClO2/c1-7(2)10(13)16-19(17-11(14)8(3)4)18-12(15)9(5)6;1-3(2)4(6)7-5/h1,3,5H2,2,4,6H3;1H2,2H3. The Morgan fingerprint density at radius 3 is 0.962 bits per heavy atom. The van der Waals surface area contributed by atoms with Crippen molar-refractivity contribution < 1.29 is 37.0 Å². The molecule has 0 bridgehead atoms. The molecule has 0 spiro atoms. The lowest BCUT2D eigenvalue weighted by atomic mass is 10.4. The van der Waals surface area contributed by atoms with Gasteiger partial charge in [0.2, 0.25) is 0 Å². The maximum Gasteiger partial charge on any atom is 0.537 e. The lowest BCUT2D eigenvalue weighted by Crippen LogP contribution is -2.11. The van der Waals surface area contributed by atoms with Crippen molar-refractivity contribution in [2.45, 2.75) is 27.7 Å². The average Bonchev–Trinajstić information content (AvgIpc) is 2.53. The molecule has 0 atom stereocenters. The summed E-state index contributed by atoms with van der Waals surface area (Å²) in [6, 6.07) is 0. The van der Waals surface area contributed by atoms with E-state index in [0.717, 1.165) is 0 Å². The molecule has 0 unspecified atom stereocenters. The molecule has 0 amide bonds. The van der Waals surface area contributed by atoms with Gasteiger partial charge >= 0.3 is 32.5 Å². The van der Waals surface area contributed by atoms with Crippen LogP contribution in [0.15, 0.2) is 48.6 Å². The van der Waals surface area contributed by atoms with Gasteiger partial charge in [0.25, 0.3) is 0 Å². The summed E-state index contributed by atoms with van der Waals surface area (Å²) < 4.78 is 17.9. The number of hydrogen-bond acceptors (Lipinski definition) is 8. The molecule has 0 aliphatic heterocycles. The largest absolute Gasteiger partial charge is 0.537 e. The molecule has 0 N–H and O–H groups in total. The first-order valence-electron chi connectivity index (χ1n) is 6.75. The van der Waals surface area contributed by atoms with Gasteiger partial charge in [0, 0.05) is 22.3 Å². The Balaban J connectivity index is 0. The first kappa shape index (κ1) is 25.8. The number of rotatable bonds is 7. The van der Waals surface area contributed by atoms with Gasteiger partial charge in [0.15, 0.2) is 0 Å². The summed E-state index contributed by atoms with van der Waals surface area (Å²) in [7, 11) is -2.51. The van der Waals surface area contributed by atoms with Crippen LogP contribution in [0.4, 0.5) is 0 Å². The van der Waals surface area contributed by atoms with Crippen LogP contribution in [0.5, 0.6) is 0 Å². The van der Waals surface area contributed by atoms with Crippen molar-refractivity contribution in [1.82, 2.24) is 0 Å². The number of carbonyl (C=O) groups is 4. The number of hydrogen-bond donors (Lipinski definition) is 0. The van der Waals surface area contributed by atoms with Crippen molar-refractivity contribution in [3.05, 3.63) is 48.6 Å². The van der Waals surface area contributed by atoms with Crippen LogP contribution in [0.1, 0.15) is 27.7 Å². The van der Waals surface area contributed by atoms with E-state index < -0.39 is 32.5 Å². The monoisotopic (exact) mass is 406 g/mol. The molecule has 0 saturated carbocycles. The molecule has 0 aromatic carbocycles. The Morgan fingerprint density at radius 2 is 0.846 bits per heavy atom. The Kier molecular flexibility index (Phi) is 12.8. The SMILES string of the molecule is C=C(C)C(=O)OCl.C=C(C)C(=O)OP(OC(=O)C(=C)C)OC(=O)C(=C)C. The molecule has 10 heteroatoms. The van der Waals surface area contributed by atoms with Gasteiger partial charge < -0.3 is 17.9 Å². The third kappa shape index (κ3) is 12.0. The Hall–Kier alpha value is -2.44. The van der Waals surface area contributed by atoms with Crippen LogP contribution >= 0.6 is 20.5 Å². The predicted molar refractivity (Wildman–Crippen MR) is 96.4 cm³/mol. The van der Waals surface area contributed by atoms with Crippen LogP contribution in [0.2, 0.25) is 0 Å². The fraction of sp³-hybridized carbons (Fsp3) is 0.250. The summed E-state index contributed by atoms with van der Waals surface area (Å²) in [4.78, 5) is 44.0. The van der Waals surface area contributed by atoms with Crippen molar-refractivity contribution >= 4 is 44.3 Å². The van der Waals surface area contributed by atoms with E-state index in [1.807, 2.05) is 0 Å². The van der Waals surface area contributed by atoms with E-state index in [0.29, 0.717) is 5.57 Å². The third-order valence-electron chi connectivity index (χ3n) is 1.94. The highest BCUT2D eigenvalue weighted by molar-refractivity contribution is 7.43. The van der Waals surface area contributed by atoms with Gasteiger partial charge in [-0.3, -0.25) is 0 Å². The molecule has 0 fully saturated rings. The second-order valence-electron chi connectivity index (χ2n) is 4.85. The smallest absolute Gasteiger partial charge is 0.372 e. The second kappa shape index (κ2) is 12.9. The van der Waals surface area contributed by atoms with E-state index in [4.69, 9.17) is 13.6 Å². The maximum absolute atomic E-state index is 11.3. The van der Waals surface area contributed by atoms with Crippen molar-refractivity contribution in [2.75, 3.05) is 0 Å². The summed E-state index contributed by atoms with van der Waals surface area (Å²) in [6.07, 6.45) is 0. The van der Waals surface area contributed by atoms with E-state index in [1.165, 1.54) is 27.7 Å². The van der Waals surface area contributed by atoms with Gasteiger partial charge in [-0.1, -0.05) is 26.3 Å². The number of halogens is 1. The predicted octanol–water partition coefficient (Wildman–Crippen LogP) is 3.83. The van der Waals surface area contributed by atoms with Gasteiger partial charge in [0.1, 0.15) is 11.9 Å². The van der Waals surface area contributed by atoms with Gasteiger partial charge in [-0.15, -0.1) is 0 Å². The summed E-state index contributed by atoms with van der Waals surface area (Å²) in [6.45, 7) is 19.1. The molecular formula is C16H20ClO8P. The van der Waals surface area contributed by atoms with E-state index in [9.17, 15) is 19.2 Å². The zero-order valence-corrected chi connectivity index (χ0v) is 16.6. The van der Waals surface area contributed by atoms with E-state index in [2.05, 4.69) is 42.5 Å². The normalized spacial score (nSPS) is 9.00. The Morgan fingerprint density at radius 1 is 0.615 bits per heavy atom. The van der Waals surface area contributed by atoms with Crippen LogP contribution in [0.25, 0.3) is 0 Å². The lowest BCUT2D eigenvalue weighted by molar-refractivity contribution is -0.138. The highest BCUT2D eigenvalue weighted by Gasteiger charge is 2.28. The van der Waals surface area contributed by atoms with Crippen LogP contribution in [-0.4, -0.2) is 23.9 Å². The molecular weight excluding hydrogens is 387 g/mol. The highest BCUT2D eigenvalue weighted by atomic mass is 35.5. The lowest BCUT2D eigenvalue weighted by Gasteiger charge is -2.14. The molecule has 0 aromatic rings. The first-order valence-corrected chi connectivity index (χ1v) is 8.15. The van der Waals surface area contributed by atoms with Gasteiger partial charge in [-0.2, -0.15) is 0 Å². The van der Waals surface area contributed by atoms with Crippen molar-refractivity contribution in [3.8, 4) is 0 Å². The quantitative estimate of drug-likeness (QED) is 0.464. The van der Waals surface area contributed by atoms with Gasteiger partial charge in [-0.25, -0.2) is 19.2 Å². The molecule has 0 aliphatic rings. The van der Waals surface area contributed by atoms with E-state index >= 15 is 0 Å². The summed E-state index contributed by atoms with van der Waals surface area (Å²) in [5.74, 6) is -3.10. The minimum absolute atomic E-state index is 0.0743. The molecule has 0 heterocycles. The second-order valence-corrected chi connectivity index (χ2v) is 6.00. The van der Waals surface area contributed by atoms with Gasteiger partial charge in [-0.05, 0) is 27.7 Å². The minimum atomic E-state index is -2.51. The van der Waals surface area contributed by atoms with Crippen molar-refractivity contribution in [1.29, 1.82) is 0 Å². The zero-order chi connectivity index (χ0) is 21.0. The number of carbonyl (C=O) groups excluding carboxylic acids is 4. The van der Waals surface area contributed by atoms with E-state index in [1.54, 1.807) is 0 Å². The first-order chi connectivity index (χ1) is 11.8. The highest BCUT2D eigenvalue weighted by Crippen LogP contribution is 2.41. The van der Waals surface area contributed by atoms with Crippen LogP contribution in [0.3, 0.4) is 0 Å². The van der Waals surface area contributed by atoms with Crippen LogP contribution in [0, 0.1) is 0 Å². The van der Waals surface area contributed by atoms with Crippen LogP contribution < -0.4 is 0 Å². The third-order valence-corrected chi connectivity index (χ3v) is 3.02. The zero-order valence-electron chi connectivity index (χ0n) is 14.9. The molecule has 0 aromatic heterocycles. The average molecular weight is 407 g/mol. The summed E-state index contributed by atoms with van der Waals surface area (Å²) >= 11 is 4.64. The fourth-order valence-electron chi connectivity index (χ4n) is 0.559. The summed E-state index contributed by atoms with van der Waals surface area (Å²) in [5, 5.41) is 0. The minimum Gasteiger partial charge on any atom is -0.372 e. The fourth-order valence-corrected chi connectivity index (χ4v) is 1.68. The molecule has 0 saturated heterocycles. The van der Waals surface area contributed by atoms with Crippen molar-refractivity contribution in [2.24, 2.45) is 0 Å². The van der Waals surface area contributed by atoms with Crippen molar-refractivity contribution in [3.63, 3.8) is 0 Å². The van der Waals surface area contributed by atoms with Crippen LogP contribution in [-0.2, 0) is 37.0 Å². The maximum atomic E-state index is 11.3. The van der Waals surface area contributed by atoms with E-state index in [-0.39, 0.29) is 16.7 Å². The Labute approximate surface area is 158 Å². The molecule has 8 nitrogen and oxygen atoms in total. The molecule has 26 heavy (non-hydrogen) atoms. The summed E-state index contributed by atoms with van der Waals surface area (Å²) in [5.41, 5.74) is 0.524. The Bertz CT molecular complexity index is 572. The molecule has 144 valence electrons. The van der Waals surface area contributed by atoms with Gasteiger partial charge in [0.05, 0.1) is 0 Å².